The number of rotatable bonds is 2. The molecule has 1 aliphatic heterocycles. The number of esters is 1. The minimum atomic E-state index is -0.189. The molecule has 1 heterocycles. The second kappa shape index (κ2) is 6.62. The summed E-state index contributed by atoms with van der Waals surface area (Å²) in [5.74, 6) is -0.344. The predicted molar refractivity (Wildman–Crippen MR) is 74.6 cm³/mol. The molecule has 0 aliphatic carbocycles. The molecular formula is C12H14Cl3NO2. The summed E-state index contributed by atoms with van der Waals surface area (Å²) in [6.45, 7) is 0.796. The number of hydrogen-bond donors (Lipinski definition) is 1. The van der Waals surface area contributed by atoms with Crippen molar-refractivity contribution in [2.75, 3.05) is 13.7 Å². The maximum atomic E-state index is 11.6. The summed E-state index contributed by atoms with van der Waals surface area (Å²) in [5, 5.41) is 4.30. The van der Waals surface area contributed by atoms with Crippen molar-refractivity contribution in [3.63, 3.8) is 0 Å². The van der Waals surface area contributed by atoms with Gasteiger partial charge in [0, 0.05) is 6.04 Å². The number of hydrogen-bond acceptors (Lipinski definition) is 3. The summed E-state index contributed by atoms with van der Waals surface area (Å²) >= 11 is 11.8. The van der Waals surface area contributed by atoms with E-state index in [1.165, 1.54) is 7.11 Å². The molecule has 0 spiro atoms. The Morgan fingerprint density at radius 3 is 2.72 bits per heavy atom. The van der Waals surface area contributed by atoms with Crippen molar-refractivity contribution < 1.29 is 9.53 Å². The van der Waals surface area contributed by atoms with Crippen LogP contribution >= 0.6 is 35.6 Å². The molecule has 100 valence electrons. The third-order valence-electron chi connectivity index (χ3n) is 3.03. The second-order valence-corrected chi connectivity index (χ2v) is 4.84. The summed E-state index contributed by atoms with van der Waals surface area (Å²) in [6, 6.07) is 5.38. The molecule has 0 aromatic heterocycles. The highest BCUT2D eigenvalue weighted by molar-refractivity contribution is 6.42. The third-order valence-corrected chi connectivity index (χ3v) is 3.77. The first-order valence-electron chi connectivity index (χ1n) is 5.39. The van der Waals surface area contributed by atoms with Gasteiger partial charge in [0.05, 0.1) is 23.1 Å². The lowest BCUT2D eigenvalue weighted by molar-refractivity contribution is -0.145. The Balaban J connectivity index is 0.00000162. The number of benzene rings is 1. The van der Waals surface area contributed by atoms with Crippen molar-refractivity contribution in [1.29, 1.82) is 0 Å². The Morgan fingerprint density at radius 2 is 2.11 bits per heavy atom. The van der Waals surface area contributed by atoms with Crippen LogP contribution in [0.2, 0.25) is 10.0 Å². The average molecular weight is 311 g/mol. The topological polar surface area (TPSA) is 38.3 Å². The molecule has 18 heavy (non-hydrogen) atoms. The fourth-order valence-electron chi connectivity index (χ4n) is 2.16. The number of ether oxygens (including phenoxy) is 1. The minimum absolute atomic E-state index is 0. The zero-order valence-corrected chi connectivity index (χ0v) is 12.1. The first kappa shape index (κ1) is 15.6. The minimum Gasteiger partial charge on any atom is -0.469 e. The van der Waals surface area contributed by atoms with Crippen LogP contribution in [0.4, 0.5) is 0 Å². The van der Waals surface area contributed by atoms with Gasteiger partial charge in [-0.05, 0) is 30.7 Å². The van der Waals surface area contributed by atoms with E-state index in [2.05, 4.69) is 5.32 Å². The van der Waals surface area contributed by atoms with E-state index in [1.807, 2.05) is 6.07 Å². The summed E-state index contributed by atoms with van der Waals surface area (Å²) in [6.07, 6.45) is 0.775. The van der Waals surface area contributed by atoms with Crippen LogP contribution < -0.4 is 5.32 Å². The van der Waals surface area contributed by atoms with Crippen LogP contribution in [0.15, 0.2) is 18.2 Å². The van der Waals surface area contributed by atoms with Crippen molar-refractivity contribution in [3.8, 4) is 0 Å². The Hall–Kier alpha value is -0.480. The number of nitrogens with one attached hydrogen (secondary N) is 1. The molecule has 3 nitrogen and oxygen atoms in total. The third kappa shape index (κ3) is 3.09. The zero-order valence-electron chi connectivity index (χ0n) is 9.78. The summed E-state index contributed by atoms with van der Waals surface area (Å²) in [5.41, 5.74) is 0.965. The van der Waals surface area contributed by atoms with Gasteiger partial charge < -0.3 is 10.1 Å². The van der Waals surface area contributed by atoms with E-state index in [1.54, 1.807) is 12.1 Å². The Labute approximate surface area is 122 Å². The highest BCUT2D eigenvalue weighted by Crippen LogP contribution is 2.33. The summed E-state index contributed by atoms with van der Waals surface area (Å²) in [7, 11) is 1.41. The molecule has 1 aliphatic rings. The maximum Gasteiger partial charge on any atom is 0.310 e. The molecule has 1 fully saturated rings. The number of carbonyl (C=O) groups excluding carboxylic acids is 1. The normalized spacial score (nSPS) is 22.4. The van der Waals surface area contributed by atoms with Gasteiger partial charge in [0.2, 0.25) is 0 Å². The van der Waals surface area contributed by atoms with Crippen LogP contribution in [0.25, 0.3) is 0 Å². The lowest BCUT2D eigenvalue weighted by Gasteiger charge is -2.18. The average Bonchev–Trinajstić information content (AvgIpc) is 2.80. The van der Waals surface area contributed by atoms with Crippen LogP contribution in [0, 0.1) is 5.92 Å². The maximum absolute atomic E-state index is 11.6. The molecule has 1 aromatic carbocycles. The first-order chi connectivity index (χ1) is 8.13. The molecule has 6 heteroatoms. The largest absolute Gasteiger partial charge is 0.469 e. The van der Waals surface area contributed by atoms with Crippen molar-refractivity contribution in [2.24, 2.45) is 5.92 Å². The van der Waals surface area contributed by atoms with E-state index < -0.39 is 0 Å². The number of carbonyl (C=O) groups is 1. The summed E-state index contributed by atoms with van der Waals surface area (Å²) < 4.78 is 4.80. The van der Waals surface area contributed by atoms with Crippen LogP contribution in [0.3, 0.4) is 0 Å². The van der Waals surface area contributed by atoms with Crippen molar-refractivity contribution in [2.45, 2.75) is 12.5 Å². The van der Waals surface area contributed by atoms with Crippen molar-refractivity contribution in [1.82, 2.24) is 5.32 Å². The quantitative estimate of drug-likeness (QED) is 0.852. The van der Waals surface area contributed by atoms with Crippen molar-refractivity contribution >= 4 is 41.6 Å². The van der Waals surface area contributed by atoms with E-state index in [0.29, 0.717) is 10.0 Å². The molecule has 1 saturated heterocycles. The second-order valence-electron chi connectivity index (χ2n) is 4.02. The Bertz CT molecular complexity index is 439. The standard InChI is InChI=1S/C12H13Cl2NO2.ClH/c1-17-12(16)8-4-5-15-11(8)7-2-3-9(13)10(14)6-7;/h2-3,6,8,11,15H,4-5H2,1H3;1H/t8-,11?;/m1./s1. The van der Waals surface area contributed by atoms with Crippen molar-refractivity contribution in [3.05, 3.63) is 33.8 Å². The Kier molecular flexibility index (Phi) is 5.73. The molecule has 2 atom stereocenters. The SMILES string of the molecule is COC(=O)[C@@H]1CCNC1c1ccc(Cl)c(Cl)c1.Cl. The van der Waals surface area contributed by atoms with E-state index in [0.717, 1.165) is 18.5 Å². The van der Waals surface area contributed by atoms with Crippen LogP contribution in [0.5, 0.6) is 0 Å². The molecule has 0 amide bonds. The van der Waals surface area contributed by atoms with Gasteiger partial charge in [-0.1, -0.05) is 29.3 Å². The van der Waals surface area contributed by atoms with Crippen LogP contribution in [-0.4, -0.2) is 19.6 Å². The zero-order chi connectivity index (χ0) is 12.4. The van der Waals surface area contributed by atoms with Crippen LogP contribution in [-0.2, 0) is 9.53 Å². The van der Waals surface area contributed by atoms with Crippen LogP contribution in [0.1, 0.15) is 18.0 Å². The van der Waals surface area contributed by atoms with Gasteiger partial charge in [0.1, 0.15) is 0 Å². The van der Waals surface area contributed by atoms with E-state index >= 15 is 0 Å². The Morgan fingerprint density at radius 1 is 1.39 bits per heavy atom. The van der Waals surface area contributed by atoms with E-state index in [4.69, 9.17) is 27.9 Å². The van der Waals surface area contributed by atoms with Gasteiger partial charge in [-0.25, -0.2) is 0 Å². The fraction of sp³-hybridized carbons (Fsp3) is 0.417. The predicted octanol–water partition coefficient (Wildman–Crippen LogP) is 3.24. The summed E-state index contributed by atoms with van der Waals surface area (Å²) in [4.78, 5) is 11.6. The molecule has 0 radical (unpaired) electrons. The molecular weight excluding hydrogens is 296 g/mol. The molecule has 1 N–H and O–H groups in total. The molecule has 2 rings (SSSR count). The van der Waals surface area contributed by atoms with Gasteiger partial charge in [-0.15, -0.1) is 12.4 Å². The van der Waals surface area contributed by atoms with E-state index in [-0.39, 0.29) is 30.3 Å². The highest BCUT2D eigenvalue weighted by atomic mass is 35.5. The van der Waals surface area contributed by atoms with E-state index in [9.17, 15) is 4.79 Å². The number of methoxy groups -OCH3 is 1. The van der Waals surface area contributed by atoms with Gasteiger partial charge in [0.25, 0.3) is 0 Å². The highest BCUT2D eigenvalue weighted by Gasteiger charge is 2.34. The van der Waals surface area contributed by atoms with Gasteiger partial charge >= 0.3 is 5.97 Å². The molecule has 1 unspecified atom stereocenters. The van der Waals surface area contributed by atoms with Gasteiger partial charge in [0.15, 0.2) is 0 Å². The lowest BCUT2D eigenvalue weighted by Crippen LogP contribution is -2.24. The molecule has 0 bridgehead atoms. The number of halogens is 3. The lowest BCUT2D eigenvalue weighted by atomic mass is 9.94. The first-order valence-corrected chi connectivity index (χ1v) is 6.15. The molecule has 1 aromatic rings. The van der Waals surface area contributed by atoms with Gasteiger partial charge in [-0.3, -0.25) is 4.79 Å². The molecule has 0 saturated carbocycles. The van der Waals surface area contributed by atoms with Gasteiger partial charge in [-0.2, -0.15) is 0 Å². The smallest absolute Gasteiger partial charge is 0.310 e. The fourth-order valence-corrected chi connectivity index (χ4v) is 2.47. The monoisotopic (exact) mass is 309 g/mol.